The molecule has 0 nitrogen and oxygen atoms in total. The van der Waals surface area contributed by atoms with E-state index in [4.69, 9.17) is 0 Å². The zero-order valence-electron chi connectivity index (χ0n) is 4.99. The van der Waals surface area contributed by atoms with Gasteiger partial charge in [0.05, 0.1) is 0 Å². The second kappa shape index (κ2) is 67.7. The molecule has 0 rings (SSSR count). The van der Waals surface area contributed by atoms with Crippen molar-refractivity contribution in [3.63, 3.8) is 0 Å². The summed E-state index contributed by atoms with van der Waals surface area (Å²) in [5.41, 5.74) is 0. The first kappa shape index (κ1) is 80.8. The topological polar surface area (TPSA) is 0 Å². The van der Waals surface area contributed by atoms with Gasteiger partial charge in [-0.1, -0.05) is 0 Å². The summed E-state index contributed by atoms with van der Waals surface area (Å²) in [4.78, 5) is 0. The van der Waals surface area contributed by atoms with Crippen LogP contribution in [0.3, 0.4) is 0 Å². The summed E-state index contributed by atoms with van der Waals surface area (Å²) in [5, 5.41) is 0. The van der Waals surface area contributed by atoms with Gasteiger partial charge < -0.3 is 0 Å². The third-order valence-corrected chi connectivity index (χ3v) is 0. The molecule has 21 radical (unpaired) electrons. The summed E-state index contributed by atoms with van der Waals surface area (Å²) in [6.07, 6.45) is 0. The maximum atomic E-state index is 0. The second-order valence-electron chi connectivity index (χ2n) is 0. The SMILES string of the molecule is [In].[In].[In].[In].[In].[In].[In].[Pd].[Pd].[Pd]. The van der Waals surface area contributed by atoms with Crippen molar-refractivity contribution in [3.05, 3.63) is 0 Å². The Morgan fingerprint density at radius 1 is 0.200 bits per heavy atom. The fourth-order valence-electron chi connectivity index (χ4n) is 0. The van der Waals surface area contributed by atoms with E-state index in [0.29, 0.717) is 0 Å². The van der Waals surface area contributed by atoms with Gasteiger partial charge in [0.2, 0.25) is 0 Å². The van der Waals surface area contributed by atoms with E-state index in [1.807, 2.05) is 0 Å². The molecule has 0 atom stereocenters. The minimum absolute atomic E-state index is 0. The molecule has 0 aliphatic rings. The van der Waals surface area contributed by atoms with Crippen molar-refractivity contribution >= 4 is 181 Å². The van der Waals surface area contributed by atoms with Gasteiger partial charge in [-0.05, 0) is 0 Å². The van der Waals surface area contributed by atoms with Gasteiger partial charge in [0.25, 0.3) is 0 Å². The maximum absolute atomic E-state index is 0. The molecule has 0 N–H and O–H groups in total. The zero-order valence-corrected chi connectivity index (χ0v) is 32.7. The molecule has 0 aliphatic heterocycles. The molecule has 10 heavy (non-hydrogen) atoms. The normalized spacial score (nSPS) is 0. The van der Waals surface area contributed by atoms with E-state index >= 15 is 0 Å². The summed E-state index contributed by atoms with van der Waals surface area (Å²) in [6.45, 7) is 0. The summed E-state index contributed by atoms with van der Waals surface area (Å²) in [6, 6.07) is 0. The van der Waals surface area contributed by atoms with Crippen LogP contribution < -0.4 is 0 Å². The van der Waals surface area contributed by atoms with Gasteiger partial charge in [-0.3, -0.25) is 0 Å². The van der Waals surface area contributed by atoms with Gasteiger partial charge in [-0.25, -0.2) is 0 Å². The summed E-state index contributed by atoms with van der Waals surface area (Å²) >= 11 is 0. The average molecular weight is 1120 g/mol. The molecule has 10 heteroatoms. The van der Waals surface area contributed by atoms with Crippen molar-refractivity contribution in [2.45, 2.75) is 0 Å². The molecule has 0 spiro atoms. The van der Waals surface area contributed by atoms with E-state index in [2.05, 4.69) is 0 Å². The largest absolute Gasteiger partial charge is 0 e. The van der Waals surface area contributed by atoms with Crippen LogP contribution in [0.1, 0.15) is 0 Å². The van der Waals surface area contributed by atoms with E-state index in [-0.39, 0.29) is 242 Å². The van der Waals surface area contributed by atoms with Crippen LogP contribution in [0.5, 0.6) is 0 Å². The van der Waals surface area contributed by atoms with Crippen LogP contribution in [0.2, 0.25) is 0 Å². The van der Waals surface area contributed by atoms with Crippen molar-refractivity contribution < 1.29 is 61.3 Å². The molecule has 0 aromatic heterocycles. The Morgan fingerprint density at radius 2 is 0.200 bits per heavy atom. The summed E-state index contributed by atoms with van der Waals surface area (Å²) in [7, 11) is 0. The molecule has 0 heterocycles. The predicted octanol–water partition coefficient (Wildman–Crippen LogP) is -2.67. The Bertz CT molecular complexity index is 8.81. The Hall–Kier alpha value is 8.08. The predicted molar refractivity (Wildman–Crippen MR) is 40.3 cm³/mol. The first-order valence-electron chi connectivity index (χ1n) is 0. The van der Waals surface area contributed by atoms with E-state index in [0.717, 1.165) is 0 Å². The van der Waals surface area contributed by atoms with E-state index < -0.39 is 0 Å². The van der Waals surface area contributed by atoms with Crippen LogP contribution in [-0.2, 0) is 61.3 Å². The van der Waals surface area contributed by atoms with Gasteiger partial charge in [0.1, 0.15) is 0 Å². The Kier molecular flexibility index (Phi) is 547. The smallest absolute Gasteiger partial charge is 0 e. The Morgan fingerprint density at radius 3 is 0.200 bits per heavy atom. The fraction of sp³-hybridized carbons (Fsp3) is 0. The molecule has 0 aliphatic carbocycles. The zero-order chi connectivity index (χ0) is 0. The maximum Gasteiger partial charge on any atom is 0 e. The molecule has 0 aromatic carbocycles. The molecule has 0 aromatic rings. The van der Waals surface area contributed by atoms with E-state index in [1.54, 1.807) is 0 Å². The van der Waals surface area contributed by atoms with E-state index in [9.17, 15) is 0 Å². The molecule has 0 saturated carbocycles. The molecule has 0 unspecified atom stereocenters. The van der Waals surface area contributed by atoms with Gasteiger partial charge in [-0.2, -0.15) is 0 Å². The van der Waals surface area contributed by atoms with Crippen LogP contribution >= 0.6 is 0 Å². The van der Waals surface area contributed by atoms with E-state index in [1.165, 1.54) is 0 Å². The Balaban J connectivity index is 0. The third-order valence-electron chi connectivity index (χ3n) is 0. The second-order valence-corrected chi connectivity index (χ2v) is 0. The minimum atomic E-state index is 0. The van der Waals surface area contributed by atoms with Crippen molar-refractivity contribution in [1.29, 1.82) is 0 Å². The average Bonchev–Trinajstić information content (AvgIpc) is 0. The molecule has 0 fully saturated rings. The van der Waals surface area contributed by atoms with Crippen molar-refractivity contribution in [1.82, 2.24) is 0 Å². The van der Waals surface area contributed by atoms with Gasteiger partial charge in [0, 0.05) is 242 Å². The van der Waals surface area contributed by atoms with Crippen LogP contribution in [0.15, 0.2) is 0 Å². The first-order valence-corrected chi connectivity index (χ1v) is 0. The van der Waals surface area contributed by atoms with Crippen LogP contribution in [0.25, 0.3) is 0 Å². The van der Waals surface area contributed by atoms with Crippen molar-refractivity contribution in [2.75, 3.05) is 0 Å². The summed E-state index contributed by atoms with van der Waals surface area (Å²) in [5.74, 6) is 0. The number of hydrogen-bond acceptors (Lipinski definition) is 0. The Labute approximate surface area is 235 Å². The summed E-state index contributed by atoms with van der Waals surface area (Å²) < 4.78 is 0. The molecule has 0 bridgehead atoms. The molecule has 0 saturated heterocycles. The van der Waals surface area contributed by atoms with Crippen LogP contribution in [0, 0.1) is 0 Å². The fourth-order valence-corrected chi connectivity index (χ4v) is 0. The van der Waals surface area contributed by atoms with Crippen molar-refractivity contribution in [2.24, 2.45) is 0 Å². The first-order chi connectivity index (χ1) is 0. The molecule has 51 valence electrons. The molecular weight excluding hydrogens is 1120 g/mol. The van der Waals surface area contributed by atoms with Crippen LogP contribution in [0.4, 0.5) is 0 Å². The molecule has 0 amide bonds. The van der Waals surface area contributed by atoms with Gasteiger partial charge in [-0.15, -0.1) is 0 Å². The van der Waals surface area contributed by atoms with Crippen molar-refractivity contribution in [3.8, 4) is 0 Å². The van der Waals surface area contributed by atoms with Crippen LogP contribution in [-0.4, -0.2) is 181 Å². The third kappa shape index (κ3) is 56.0. The quantitative estimate of drug-likeness (QED) is 0.233. The van der Waals surface area contributed by atoms with Gasteiger partial charge in [0.15, 0.2) is 0 Å². The minimum Gasteiger partial charge on any atom is 0 e. The molecular formula is In7Pd3. The number of rotatable bonds is 0. The van der Waals surface area contributed by atoms with Gasteiger partial charge >= 0.3 is 0 Å². The standard InChI is InChI=1S/7In.3Pd. The number of hydrogen-bond donors (Lipinski definition) is 0. The monoisotopic (exact) mass is 1120 g/mol.